The van der Waals surface area contributed by atoms with E-state index in [9.17, 15) is 0 Å². The molecule has 0 aliphatic carbocycles. The van der Waals surface area contributed by atoms with Gasteiger partial charge in [-0.05, 0) is 18.1 Å². The average molecular weight is 334 g/mol. The van der Waals surface area contributed by atoms with Crippen LogP contribution in [0.15, 0.2) is 18.7 Å². The highest BCUT2D eigenvalue weighted by molar-refractivity contribution is 7.00. The zero-order chi connectivity index (χ0) is 16.4. The number of hydrogen-bond donors (Lipinski definition) is 0. The number of anilines is 1. The van der Waals surface area contributed by atoms with Crippen molar-refractivity contribution < 1.29 is 0 Å². The van der Waals surface area contributed by atoms with Gasteiger partial charge in [0, 0.05) is 0 Å². The van der Waals surface area contributed by atoms with Crippen molar-refractivity contribution in [3.05, 3.63) is 18.7 Å². The molecule has 2 aromatic rings. The topological polar surface area (TPSA) is 54.8 Å². The first-order valence-corrected chi connectivity index (χ1v) is 14.1. The van der Waals surface area contributed by atoms with E-state index in [1.54, 1.807) is 12.5 Å². The van der Waals surface area contributed by atoms with Crippen molar-refractivity contribution in [2.45, 2.75) is 58.5 Å². The van der Waals surface area contributed by atoms with Crippen molar-refractivity contribution in [1.82, 2.24) is 19.9 Å². The molecule has 0 aliphatic rings. The fourth-order valence-electron chi connectivity index (χ4n) is 3.39. The van der Waals surface area contributed by atoms with Gasteiger partial charge in [-0.2, -0.15) is 0 Å². The predicted octanol–water partition coefficient (Wildman–Crippen LogP) is 4.07. The lowest BCUT2D eigenvalue weighted by atomic mass is 10.5. The SMILES string of the molecule is CC[Si](CC)(CC)N(c1cnc2cncnc2n1)[Si](C)(C)C. The molecule has 7 heteroatoms. The molecule has 0 amide bonds. The van der Waals surface area contributed by atoms with Crippen molar-refractivity contribution in [3.8, 4) is 0 Å². The quantitative estimate of drug-likeness (QED) is 0.746. The summed E-state index contributed by atoms with van der Waals surface area (Å²) >= 11 is 0. The van der Waals surface area contributed by atoms with Crippen LogP contribution in [0.3, 0.4) is 0 Å². The van der Waals surface area contributed by atoms with Crippen molar-refractivity contribution in [3.63, 3.8) is 0 Å². The average Bonchev–Trinajstić information content (AvgIpc) is 2.51. The molecule has 120 valence electrons. The molecule has 0 saturated heterocycles. The van der Waals surface area contributed by atoms with Crippen LogP contribution in [-0.2, 0) is 0 Å². The molecular formula is C15H27N5Si2. The summed E-state index contributed by atoms with van der Waals surface area (Å²) in [7, 11) is -3.13. The molecule has 0 radical (unpaired) electrons. The van der Waals surface area contributed by atoms with Crippen molar-refractivity contribution in [2.24, 2.45) is 0 Å². The number of nitrogens with zero attached hydrogens (tertiary/aromatic N) is 5. The van der Waals surface area contributed by atoms with Gasteiger partial charge in [0.1, 0.15) is 34.1 Å². The molecule has 2 heterocycles. The first kappa shape index (κ1) is 17.0. The minimum atomic E-state index is -1.56. The van der Waals surface area contributed by atoms with Crippen LogP contribution in [0.2, 0.25) is 37.8 Å². The fourth-order valence-corrected chi connectivity index (χ4v) is 14.3. The van der Waals surface area contributed by atoms with E-state index in [0.717, 1.165) is 11.3 Å². The number of hydrogen-bond acceptors (Lipinski definition) is 5. The Morgan fingerprint density at radius 1 is 0.955 bits per heavy atom. The number of fused-ring (bicyclic) bond motifs is 1. The Balaban J connectivity index is 2.61. The fraction of sp³-hybridized carbons (Fsp3) is 0.600. The van der Waals surface area contributed by atoms with Gasteiger partial charge in [0.05, 0.1) is 12.4 Å². The van der Waals surface area contributed by atoms with Gasteiger partial charge >= 0.3 is 0 Å². The molecule has 22 heavy (non-hydrogen) atoms. The summed E-state index contributed by atoms with van der Waals surface area (Å²) in [6.07, 6.45) is 5.19. The van der Waals surface area contributed by atoms with E-state index in [1.165, 1.54) is 18.1 Å². The van der Waals surface area contributed by atoms with E-state index in [4.69, 9.17) is 4.98 Å². The van der Waals surface area contributed by atoms with Crippen LogP contribution in [-0.4, -0.2) is 36.4 Å². The third kappa shape index (κ3) is 3.05. The Labute approximate surface area is 135 Å². The van der Waals surface area contributed by atoms with Gasteiger partial charge in [-0.1, -0.05) is 40.4 Å². The molecule has 0 N–H and O–H groups in total. The normalized spacial score (nSPS) is 12.6. The van der Waals surface area contributed by atoms with Gasteiger partial charge in [-0.3, -0.25) is 0 Å². The van der Waals surface area contributed by atoms with Gasteiger partial charge in [0.25, 0.3) is 0 Å². The first-order chi connectivity index (χ1) is 10.4. The summed E-state index contributed by atoms with van der Waals surface area (Å²) in [6.45, 7) is 14.2. The monoisotopic (exact) mass is 333 g/mol. The van der Waals surface area contributed by atoms with E-state index in [2.05, 4.69) is 59.6 Å². The van der Waals surface area contributed by atoms with E-state index < -0.39 is 16.5 Å². The highest BCUT2D eigenvalue weighted by Gasteiger charge is 2.42. The van der Waals surface area contributed by atoms with E-state index >= 15 is 0 Å². The zero-order valence-corrected chi connectivity index (χ0v) is 16.6. The van der Waals surface area contributed by atoms with Gasteiger partial charge < -0.3 is 4.23 Å². The Morgan fingerprint density at radius 3 is 2.14 bits per heavy atom. The molecule has 0 bridgehead atoms. The molecule has 5 nitrogen and oxygen atoms in total. The van der Waals surface area contributed by atoms with Crippen LogP contribution in [0.4, 0.5) is 5.82 Å². The summed E-state index contributed by atoms with van der Waals surface area (Å²) in [5, 5.41) is 0. The number of rotatable bonds is 6. The van der Waals surface area contributed by atoms with Crippen molar-refractivity contribution in [2.75, 3.05) is 4.23 Å². The Bertz CT molecular complexity index is 629. The summed E-state index contributed by atoms with van der Waals surface area (Å²) in [5.74, 6) is 1.02. The highest BCUT2D eigenvalue weighted by Crippen LogP contribution is 2.34. The molecule has 0 spiro atoms. The molecular weight excluding hydrogens is 306 g/mol. The maximum atomic E-state index is 4.83. The largest absolute Gasteiger partial charge is 0.408 e. The molecule has 2 aromatic heterocycles. The second-order valence-corrected chi connectivity index (χ2v) is 17.0. The van der Waals surface area contributed by atoms with Crippen molar-refractivity contribution in [1.29, 1.82) is 0 Å². The van der Waals surface area contributed by atoms with E-state index in [1.807, 2.05) is 6.20 Å². The van der Waals surface area contributed by atoms with Crippen LogP contribution in [0.1, 0.15) is 20.8 Å². The summed E-state index contributed by atoms with van der Waals surface area (Å²) in [6, 6.07) is 3.73. The standard InChI is InChI=1S/C15H27N5Si2/c1-7-22(8-2,9-3)20(21(4,5)6)14-11-17-13-10-16-12-18-15(13)19-14/h10-12H,7-9H2,1-6H3. The van der Waals surface area contributed by atoms with Crippen molar-refractivity contribution >= 4 is 33.5 Å². The van der Waals surface area contributed by atoms with E-state index in [-0.39, 0.29) is 0 Å². The van der Waals surface area contributed by atoms with Gasteiger partial charge in [0.15, 0.2) is 5.65 Å². The third-order valence-corrected chi connectivity index (χ3v) is 14.7. The maximum absolute atomic E-state index is 4.83. The smallest absolute Gasteiger partial charge is 0.183 e. The van der Waals surface area contributed by atoms with Gasteiger partial charge in [0.2, 0.25) is 0 Å². The Kier molecular flexibility index (Phi) is 4.96. The lowest BCUT2D eigenvalue weighted by Crippen LogP contribution is -2.63. The second kappa shape index (κ2) is 6.41. The molecule has 0 unspecified atom stereocenters. The molecule has 0 aromatic carbocycles. The summed E-state index contributed by atoms with van der Waals surface area (Å²) in [4.78, 5) is 17.7. The lowest BCUT2D eigenvalue weighted by molar-refractivity contribution is 1.08. The molecule has 0 aliphatic heterocycles. The minimum absolute atomic E-state index is 0.696. The van der Waals surface area contributed by atoms with Crippen LogP contribution >= 0.6 is 0 Å². The molecule has 0 fully saturated rings. The Hall–Kier alpha value is -1.35. The maximum Gasteiger partial charge on any atom is 0.183 e. The third-order valence-electron chi connectivity index (χ3n) is 4.56. The molecule has 0 saturated carbocycles. The second-order valence-electron chi connectivity index (χ2n) is 6.75. The van der Waals surface area contributed by atoms with E-state index in [0.29, 0.717) is 5.65 Å². The number of aromatic nitrogens is 4. The minimum Gasteiger partial charge on any atom is -0.408 e. The Morgan fingerprint density at radius 2 is 1.59 bits per heavy atom. The highest BCUT2D eigenvalue weighted by atomic mass is 28.4. The summed E-state index contributed by atoms with van der Waals surface area (Å²) in [5.41, 5.74) is 1.46. The zero-order valence-electron chi connectivity index (χ0n) is 14.6. The van der Waals surface area contributed by atoms with Crippen LogP contribution in [0.25, 0.3) is 11.2 Å². The van der Waals surface area contributed by atoms with Crippen LogP contribution in [0, 0.1) is 0 Å². The molecule has 2 rings (SSSR count). The van der Waals surface area contributed by atoms with Gasteiger partial charge in [-0.15, -0.1) is 0 Å². The lowest BCUT2D eigenvalue weighted by Gasteiger charge is -2.49. The predicted molar refractivity (Wildman–Crippen MR) is 98.2 cm³/mol. The summed E-state index contributed by atoms with van der Waals surface area (Å²) < 4.78 is 2.70. The van der Waals surface area contributed by atoms with Gasteiger partial charge in [-0.25, -0.2) is 19.9 Å². The van der Waals surface area contributed by atoms with Crippen LogP contribution < -0.4 is 4.23 Å². The first-order valence-electron chi connectivity index (χ1n) is 8.11. The van der Waals surface area contributed by atoms with Crippen LogP contribution in [0.5, 0.6) is 0 Å². The molecule has 0 atom stereocenters.